The molecule has 3 nitrogen and oxygen atoms in total. The van der Waals surface area contributed by atoms with E-state index < -0.39 is 0 Å². The summed E-state index contributed by atoms with van der Waals surface area (Å²) in [6, 6.07) is 6.97. The van der Waals surface area contributed by atoms with Crippen molar-refractivity contribution in [1.29, 1.82) is 0 Å². The van der Waals surface area contributed by atoms with Crippen molar-refractivity contribution >= 4 is 10.9 Å². The first-order chi connectivity index (χ1) is 10.3. The summed E-state index contributed by atoms with van der Waals surface area (Å²) in [7, 11) is 0. The lowest BCUT2D eigenvalue weighted by molar-refractivity contribution is 0.188. The number of H-pyrrole nitrogens is 1. The first-order valence-corrected chi connectivity index (χ1v) is 7.56. The molecule has 108 valence electrons. The van der Waals surface area contributed by atoms with Gasteiger partial charge in [0.2, 0.25) is 0 Å². The topological polar surface area (TPSA) is 39.3 Å². The molecule has 1 aliphatic carbocycles. The SMILES string of the molecule is C=CCN1CC(CO)=CC2c3cccc4[nH]cc(c34)CC21. The van der Waals surface area contributed by atoms with Crippen molar-refractivity contribution in [1.82, 2.24) is 9.88 Å². The Hall–Kier alpha value is -1.84. The second-order valence-corrected chi connectivity index (χ2v) is 6.08. The molecule has 0 saturated heterocycles. The minimum Gasteiger partial charge on any atom is -0.392 e. The maximum atomic E-state index is 9.59. The van der Waals surface area contributed by atoms with Crippen LogP contribution in [0.3, 0.4) is 0 Å². The number of aliphatic hydroxyl groups is 1. The van der Waals surface area contributed by atoms with E-state index in [0.717, 1.165) is 25.1 Å². The third-order valence-corrected chi connectivity index (χ3v) is 4.88. The Kier molecular flexibility index (Phi) is 2.98. The van der Waals surface area contributed by atoms with Gasteiger partial charge in [0.05, 0.1) is 6.61 Å². The van der Waals surface area contributed by atoms with Crippen molar-refractivity contribution < 1.29 is 5.11 Å². The zero-order valence-corrected chi connectivity index (χ0v) is 12.0. The van der Waals surface area contributed by atoms with E-state index in [9.17, 15) is 5.11 Å². The van der Waals surface area contributed by atoms with Crippen LogP contribution in [0.2, 0.25) is 0 Å². The highest BCUT2D eigenvalue weighted by Gasteiger charge is 2.36. The van der Waals surface area contributed by atoms with Gasteiger partial charge in [0.25, 0.3) is 0 Å². The van der Waals surface area contributed by atoms with Gasteiger partial charge >= 0.3 is 0 Å². The molecule has 21 heavy (non-hydrogen) atoms. The van der Waals surface area contributed by atoms with Crippen molar-refractivity contribution in [3.8, 4) is 0 Å². The van der Waals surface area contributed by atoms with Crippen LogP contribution in [0.15, 0.2) is 48.7 Å². The van der Waals surface area contributed by atoms with Crippen molar-refractivity contribution in [3.63, 3.8) is 0 Å². The molecular weight excluding hydrogens is 260 g/mol. The second-order valence-electron chi connectivity index (χ2n) is 6.08. The van der Waals surface area contributed by atoms with Crippen LogP contribution >= 0.6 is 0 Å². The summed E-state index contributed by atoms with van der Waals surface area (Å²) in [5, 5.41) is 11.0. The summed E-state index contributed by atoms with van der Waals surface area (Å²) in [5.74, 6) is 0.368. The van der Waals surface area contributed by atoms with E-state index in [0.29, 0.717) is 12.0 Å². The normalized spacial score (nSPS) is 24.7. The van der Waals surface area contributed by atoms with Crippen molar-refractivity contribution in [2.45, 2.75) is 18.4 Å². The van der Waals surface area contributed by atoms with Gasteiger partial charge in [-0.3, -0.25) is 4.90 Å². The summed E-state index contributed by atoms with van der Waals surface area (Å²) in [5.41, 5.74) is 5.14. The molecule has 4 rings (SSSR count). The summed E-state index contributed by atoms with van der Waals surface area (Å²) < 4.78 is 0. The standard InChI is InChI=1S/C18H20N2O/c1-2-6-20-10-12(11-21)7-15-14-4-3-5-16-18(14)13(9-19-16)8-17(15)20/h2-5,7,9,15,17,19,21H,1,6,8,10-11H2. The molecule has 0 bridgehead atoms. The molecule has 2 N–H and O–H groups in total. The van der Waals surface area contributed by atoms with E-state index in [-0.39, 0.29) is 6.61 Å². The fraction of sp³-hybridized carbons (Fsp3) is 0.333. The maximum Gasteiger partial charge on any atom is 0.0654 e. The van der Waals surface area contributed by atoms with Gasteiger partial charge in [0.1, 0.15) is 0 Å². The molecule has 0 amide bonds. The average Bonchev–Trinajstić information content (AvgIpc) is 2.93. The Morgan fingerprint density at radius 1 is 1.43 bits per heavy atom. The molecule has 0 saturated carbocycles. The zero-order chi connectivity index (χ0) is 14.4. The van der Waals surface area contributed by atoms with E-state index in [2.05, 4.69) is 46.9 Å². The summed E-state index contributed by atoms with van der Waals surface area (Å²) in [6.45, 7) is 5.75. The van der Waals surface area contributed by atoms with Gasteiger partial charge in [-0.15, -0.1) is 6.58 Å². The maximum absolute atomic E-state index is 9.59. The van der Waals surface area contributed by atoms with E-state index in [1.165, 1.54) is 22.0 Å². The summed E-state index contributed by atoms with van der Waals surface area (Å²) in [6.07, 6.45) is 7.46. The minimum atomic E-state index is 0.146. The summed E-state index contributed by atoms with van der Waals surface area (Å²) in [4.78, 5) is 5.84. The van der Waals surface area contributed by atoms with Crippen LogP contribution in [0.5, 0.6) is 0 Å². The van der Waals surface area contributed by atoms with Gasteiger partial charge in [-0.2, -0.15) is 0 Å². The van der Waals surface area contributed by atoms with E-state index in [1.54, 1.807) is 0 Å². The molecule has 1 aromatic carbocycles. The second kappa shape index (κ2) is 4.86. The third-order valence-electron chi connectivity index (χ3n) is 4.88. The first-order valence-electron chi connectivity index (χ1n) is 7.56. The molecule has 2 unspecified atom stereocenters. The number of benzene rings is 1. The van der Waals surface area contributed by atoms with Gasteiger partial charge in [0.15, 0.2) is 0 Å². The highest BCUT2D eigenvalue weighted by molar-refractivity contribution is 5.88. The van der Waals surface area contributed by atoms with Crippen molar-refractivity contribution in [2.24, 2.45) is 0 Å². The highest BCUT2D eigenvalue weighted by Crippen LogP contribution is 2.42. The van der Waals surface area contributed by atoms with Crippen LogP contribution in [-0.2, 0) is 6.42 Å². The first kappa shape index (κ1) is 12.9. The van der Waals surface area contributed by atoms with Gasteiger partial charge in [-0.25, -0.2) is 0 Å². The van der Waals surface area contributed by atoms with Crippen LogP contribution in [0, 0.1) is 0 Å². The van der Waals surface area contributed by atoms with Gasteiger partial charge in [-0.1, -0.05) is 24.3 Å². The lowest BCUT2D eigenvalue weighted by Gasteiger charge is -2.42. The molecule has 2 aromatic rings. The van der Waals surface area contributed by atoms with Crippen LogP contribution in [0.4, 0.5) is 0 Å². The number of rotatable bonds is 3. The predicted molar refractivity (Wildman–Crippen MR) is 85.5 cm³/mol. The van der Waals surface area contributed by atoms with Crippen LogP contribution in [0.25, 0.3) is 10.9 Å². The Bertz CT molecular complexity index is 728. The number of aliphatic hydroxyl groups excluding tert-OH is 1. The quantitative estimate of drug-likeness (QED) is 0.848. The Labute approximate surface area is 124 Å². The predicted octanol–water partition coefficient (Wildman–Crippen LogP) is 2.60. The molecule has 2 atom stereocenters. The third kappa shape index (κ3) is 1.88. The number of nitrogens with zero attached hydrogens (tertiary/aromatic N) is 1. The Morgan fingerprint density at radius 3 is 3.14 bits per heavy atom. The van der Waals surface area contributed by atoms with Crippen LogP contribution < -0.4 is 0 Å². The van der Waals surface area contributed by atoms with E-state index in [1.807, 2.05) is 6.08 Å². The smallest absolute Gasteiger partial charge is 0.0654 e. The fourth-order valence-corrected chi connectivity index (χ4v) is 3.99. The van der Waals surface area contributed by atoms with E-state index in [4.69, 9.17) is 0 Å². The monoisotopic (exact) mass is 280 g/mol. The van der Waals surface area contributed by atoms with Crippen LogP contribution in [0.1, 0.15) is 17.0 Å². The molecule has 1 aliphatic heterocycles. The number of nitrogens with one attached hydrogen (secondary N) is 1. The average molecular weight is 280 g/mol. The molecule has 3 heteroatoms. The molecule has 1 aromatic heterocycles. The number of aromatic amines is 1. The lowest BCUT2D eigenvalue weighted by atomic mass is 9.76. The van der Waals surface area contributed by atoms with Crippen molar-refractivity contribution in [2.75, 3.05) is 19.7 Å². The number of hydrogen-bond donors (Lipinski definition) is 2. The number of fused-ring (bicyclic) bond motifs is 2. The molecule has 0 spiro atoms. The molecular formula is C18H20N2O. The lowest BCUT2D eigenvalue weighted by Crippen LogP contribution is -2.46. The van der Waals surface area contributed by atoms with Gasteiger partial charge in [-0.05, 0) is 29.2 Å². The highest BCUT2D eigenvalue weighted by atomic mass is 16.3. The molecule has 2 aliphatic rings. The summed E-state index contributed by atoms with van der Waals surface area (Å²) >= 11 is 0. The van der Waals surface area contributed by atoms with Gasteiger partial charge in [0, 0.05) is 42.1 Å². The Morgan fingerprint density at radius 2 is 2.33 bits per heavy atom. The van der Waals surface area contributed by atoms with Crippen molar-refractivity contribution in [3.05, 3.63) is 59.8 Å². The minimum absolute atomic E-state index is 0.146. The largest absolute Gasteiger partial charge is 0.392 e. The number of aromatic nitrogens is 1. The number of hydrogen-bond acceptors (Lipinski definition) is 2. The van der Waals surface area contributed by atoms with Gasteiger partial charge < -0.3 is 10.1 Å². The fourth-order valence-electron chi connectivity index (χ4n) is 3.99. The zero-order valence-electron chi connectivity index (χ0n) is 12.0. The van der Waals surface area contributed by atoms with Crippen LogP contribution in [-0.4, -0.2) is 40.7 Å². The molecule has 0 fully saturated rings. The van der Waals surface area contributed by atoms with E-state index >= 15 is 0 Å². The molecule has 2 heterocycles. The molecule has 0 radical (unpaired) electrons. The Balaban J connectivity index is 1.88.